The second-order valence-corrected chi connectivity index (χ2v) is 6.33. The van der Waals surface area contributed by atoms with Crippen LogP contribution in [0.15, 0.2) is 24.3 Å². The van der Waals surface area contributed by atoms with Gasteiger partial charge in [-0.3, -0.25) is 0 Å². The first-order valence-corrected chi connectivity index (χ1v) is 8.15. The minimum absolute atomic E-state index is 0.458. The van der Waals surface area contributed by atoms with Crippen molar-refractivity contribution in [1.29, 1.82) is 0 Å². The summed E-state index contributed by atoms with van der Waals surface area (Å²) in [5, 5.41) is 5.00. The van der Waals surface area contributed by atoms with Crippen LogP contribution in [0.1, 0.15) is 23.4 Å². The third-order valence-corrected chi connectivity index (χ3v) is 5.10. The van der Waals surface area contributed by atoms with Gasteiger partial charge < -0.3 is 5.32 Å². The average molecular weight is 265 g/mol. The highest BCUT2D eigenvalue weighted by Crippen LogP contribution is 2.34. The van der Waals surface area contributed by atoms with E-state index in [0.29, 0.717) is 6.04 Å². The lowest BCUT2D eigenvalue weighted by Crippen LogP contribution is -2.20. The van der Waals surface area contributed by atoms with E-state index in [1.807, 2.05) is 23.1 Å². The quantitative estimate of drug-likeness (QED) is 0.812. The maximum atomic E-state index is 3.59. The van der Waals surface area contributed by atoms with Crippen LogP contribution in [0.2, 0.25) is 0 Å². The van der Waals surface area contributed by atoms with E-state index >= 15 is 0 Å². The van der Waals surface area contributed by atoms with E-state index in [9.17, 15) is 0 Å². The van der Waals surface area contributed by atoms with Crippen LogP contribution < -0.4 is 5.32 Å². The van der Waals surface area contributed by atoms with E-state index in [1.54, 1.807) is 0 Å². The van der Waals surface area contributed by atoms with Gasteiger partial charge in [-0.2, -0.15) is 11.8 Å². The van der Waals surface area contributed by atoms with Gasteiger partial charge in [0, 0.05) is 27.9 Å². The second kappa shape index (κ2) is 5.89. The molecule has 0 aliphatic heterocycles. The van der Waals surface area contributed by atoms with Crippen LogP contribution in [0.25, 0.3) is 10.1 Å². The fraction of sp³-hybridized carbons (Fsp3) is 0.429. The molecule has 0 amide bonds. The molecule has 1 aromatic carbocycles. The van der Waals surface area contributed by atoms with Gasteiger partial charge in [-0.15, -0.1) is 11.3 Å². The maximum Gasteiger partial charge on any atom is 0.0389 e. The molecule has 2 rings (SSSR count). The Balaban J connectivity index is 2.20. The summed E-state index contributed by atoms with van der Waals surface area (Å²) in [6.07, 6.45) is 2.15. The smallest absolute Gasteiger partial charge is 0.0389 e. The Morgan fingerprint density at radius 1 is 1.35 bits per heavy atom. The van der Waals surface area contributed by atoms with Crippen molar-refractivity contribution in [2.24, 2.45) is 0 Å². The van der Waals surface area contributed by atoms with E-state index in [2.05, 4.69) is 49.7 Å². The van der Waals surface area contributed by atoms with Crippen LogP contribution in [0.5, 0.6) is 0 Å². The number of thiophene rings is 1. The third kappa shape index (κ3) is 2.84. The van der Waals surface area contributed by atoms with Crippen molar-refractivity contribution in [2.45, 2.75) is 19.9 Å². The van der Waals surface area contributed by atoms with Crippen LogP contribution in [0.3, 0.4) is 0 Å². The Kier molecular flexibility index (Phi) is 4.48. The van der Waals surface area contributed by atoms with Gasteiger partial charge in [0.1, 0.15) is 0 Å². The molecule has 0 spiro atoms. The number of benzene rings is 1. The van der Waals surface area contributed by atoms with Crippen LogP contribution in [-0.2, 0) is 0 Å². The summed E-state index contributed by atoms with van der Waals surface area (Å²) in [6.45, 7) is 5.58. The average Bonchev–Trinajstić information content (AvgIpc) is 2.68. The van der Waals surface area contributed by atoms with Gasteiger partial charge >= 0.3 is 0 Å². The highest BCUT2D eigenvalue weighted by molar-refractivity contribution is 7.98. The standard InChI is InChI=1S/C14H19NS2/c1-10-12-6-4-5-7-13(12)17-14(10)11(2)15-8-9-16-3/h4-7,11,15H,8-9H2,1-3H3. The van der Waals surface area contributed by atoms with Crippen molar-refractivity contribution in [3.05, 3.63) is 34.7 Å². The molecule has 1 unspecified atom stereocenters. The summed E-state index contributed by atoms with van der Waals surface area (Å²) in [4.78, 5) is 1.48. The molecule has 0 fully saturated rings. The van der Waals surface area contributed by atoms with Crippen LogP contribution >= 0.6 is 23.1 Å². The number of rotatable bonds is 5. The molecule has 92 valence electrons. The van der Waals surface area contributed by atoms with E-state index < -0.39 is 0 Å². The predicted octanol–water partition coefficient (Wildman–Crippen LogP) is 4.22. The Morgan fingerprint density at radius 3 is 2.82 bits per heavy atom. The summed E-state index contributed by atoms with van der Waals surface area (Å²) in [5.74, 6) is 1.17. The molecule has 1 N–H and O–H groups in total. The highest BCUT2D eigenvalue weighted by Gasteiger charge is 2.13. The molecule has 0 bridgehead atoms. The summed E-state index contributed by atoms with van der Waals surface area (Å²) in [6, 6.07) is 9.13. The summed E-state index contributed by atoms with van der Waals surface area (Å²) in [7, 11) is 0. The molecule has 2 aromatic rings. The van der Waals surface area contributed by atoms with Crippen LogP contribution in [0, 0.1) is 6.92 Å². The number of thioether (sulfide) groups is 1. The number of nitrogens with one attached hydrogen (secondary N) is 1. The van der Waals surface area contributed by atoms with E-state index in [0.717, 1.165) is 6.54 Å². The molecule has 0 aliphatic rings. The zero-order valence-corrected chi connectivity index (χ0v) is 12.3. The fourth-order valence-corrected chi connectivity index (χ4v) is 3.64. The molecule has 0 saturated heterocycles. The summed E-state index contributed by atoms with van der Waals surface area (Å²) >= 11 is 3.81. The van der Waals surface area contributed by atoms with Crippen LogP contribution in [-0.4, -0.2) is 18.6 Å². The number of aryl methyl sites for hydroxylation is 1. The molecule has 0 saturated carbocycles. The number of hydrogen-bond acceptors (Lipinski definition) is 3. The largest absolute Gasteiger partial charge is 0.309 e. The van der Waals surface area contributed by atoms with Crippen molar-refractivity contribution >= 4 is 33.2 Å². The van der Waals surface area contributed by atoms with Crippen molar-refractivity contribution < 1.29 is 0 Å². The van der Waals surface area contributed by atoms with Gasteiger partial charge in [-0.1, -0.05) is 18.2 Å². The first-order chi connectivity index (χ1) is 8.24. The molecule has 1 atom stereocenters. The van der Waals surface area contributed by atoms with E-state index in [1.165, 1.54) is 26.3 Å². The molecule has 0 aliphatic carbocycles. The fourth-order valence-electron chi connectivity index (χ4n) is 2.08. The summed E-state index contributed by atoms with van der Waals surface area (Å²) in [5.41, 5.74) is 1.44. The Morgan fingerprint density at radius 2 is 2.12 bits per heavy atom. The van der Waals surface area contributed by atoms with Crippen molar-refractivity contribution in [1.82, 2.24) is 5.32 Å². The predicted molar refractivity (Wildman–Crippen MR) is 81.4 cm³/mol. The minimum Gasteiger partial charge on any atom is -0.309 e. The van der Waals surface area contributed by atoms with Gasteiger partial charge in [-0.05, 0) is 37.1 Å². The van der Waals surface area contributed by atoms with Gasteiger partial charge in [0.2, 0.25) is 0 Å². The maximum absolute atomic E-state index is 3.59. The molecular formula is C14H19NS2. The van der Waals surface area contributed by atoms with Gasteiger partial charge in [0.05, 0.1) is 0 Å². The van der Waals surface area contributed by atoms with E-state index in [-0.39, 0.29) is 0 Å². The first kappa shape index (κ1) is 12.9. The Bertz CT molecular complexity index is 490. The Hall–Kier alpha value is -0.510. The van der Waals surface area contributed by atoms with Gasteiger partial charge in [0.15, 0.2) is 0 Å². The topological polar surface area (TPSA) is 12.0 Å². The SMILES string of the molecule is CSCCNC(C)c1sc2ccccc2c1C. The van der Waals surface area contributed by atoms with Gasteiger partial charge in [0.25, 0.3) is 0 Å². The molecule has 17 heavy (non-hydrogen) atoms. The molecule has 3 heteroatoms. The molecule has 1 heterocycles. The number of hydrogen-bond donors (Lipinski definition) is 1. The minimum atomic E-state index is 0.458. The van der Waals surface area contributed by atoms with Crippen LogP contribution in [0.4, 0.5) is 0 Å². The normalized spacial score (nSPS) is 13.1. The molecule has 1 nitrogen and oxygen atoms in total. The molecular weight excluding hydrogens is 246 g/mol. The second-order valence-electron chi connectivity index (χ2n) is 4.26. The van der Waals surface area contributed by atoms with Crippen molar-refractivity contribution in [2.75, 3.05) is 18.6 Å². The highest BCUT2D eigenvalue weighted by atomic mass is 32.2. The lowest BCUT2D eigenvalue weighted by Gasteiger charge is -2.12. The lowest BCUT2D eigenvalue weighted by atomic mass is 10.1. The molecule has 1 aromatic heterocycles. The Labute approximate surface area is 112 Å². The first-order valence-electron chi connectivity index (χ1n) is 5.94. The summed E-state index contributed by atoms with van der Waals surface area (Å²) < 4.78 is 1.40. The van der Waals surface area contributed by atoms with Crippen molar-refractivity contribution in [3.63, 3.8) is 0 Å². The van der Waals surface area contributed by atoms with Crippen molar-refractivity contribution in [3.8, 4) is 0 Å². The lowest BCUT2D eigenvalue weighted by molar-refractivity contribution is 0.608. The van der Waals surface area contributed by atoms with E-state index in [4.69, 9.17) is 0 Å². The molecule has 0 radical (unpaired) electrons. The number of fused-ring (bicyclic) bond motifs is 1. The zero-order valence-electron chi connectivity index (χ0n) is 10.6. The monoisotopic (exact) mass is 265 g/mol. The van der Waals surface area contributed by atoms with Gasteiger partial charge in [-0.25, -0.2) is 0 Å². The zero-order chi connectivity index (χ0) is 12.3. The third-order valence-electron chi connectivity index (χ3n) is 3.03.